The summed E-state index contributed by atoms with van der Waals surface area (Å²) in [5.41, 5.74) is 1.08. The fourth-order valence-electron chi connectivity index (χ4n) is 1.96. The summed E-state index contributed by atoms with van der Waals surface area (Å²) in [6, 6.07) is 3.87. The molecule has 0 aliphatic heterocycles. The van der Waals surface area contributed by atoms with Gasteiger partial charge in [0.1, 0.15) is 0 Å². The van der Waals surface area contributed by atoms with E-state index in [9.17, 15) is 5.11 Å². The molecule has 1 atom stereocenters. The Morgan fingerprint density at radius 1 is 1.20 bits per heavy atom. The Kier molecular flexibility index (Phi) is 15.1. The van der Waals surface area contributed by atoms with E-state index in [4.69, 9.17) is 17.3 Å². The number of hydrogen-bond acceptors (Lipinski definition) is 7. The van der Waals surface area contributed by atoms with Crippen molar-refractivity contribution in [3.8, 4) is 0 Å². The monoisotopic (exact) mass is 378 g/mol. The van der Waals surface area contributed by atoms with Gasteiger partial charge in [-0.2, -0.15) is 0 Å². The van der Waals surface area contributed by atoms with Crippen molar-refractivity contribution in [3.05, 3.63) is 30.1 Å². The number of ether oxygens (including phenoxy) is 1. The van der Waals surface area contributed by atoms with Crippen LogP contribution in [0.4, 0.5) is 0 Å². The molecule has 0 radical (unpaired) electrons. The third-order valence-electron chi connectivity index (χ3n) is 3.19. The van der Waals surface area contributed by atoms with Crippen LogP contribution in [0.15, 0.2) is 24.5 Å². The van der Waals surface area contributed by atoms with E-state index in [1.54, 1.807) is 33.7 Å². The van der Waals surface area contributed by atoms with E-state index in [0.717, 1.165) is 12.0 Å². The van der Waals surface area contributed by atoms with Gasteiger partial charge in [0.25, 0.3) is 0 Å². The van der Waals surface area contributed by atoms with Crippen LogP contribution < -0.4 is 5.32 Å². The Bertz CT molecular complexity index is 399. The first-order chi connectivity index (χ1) is 12.2. The van der Waals surface area contributed by atoms with Crippen molar-refractivity contribution >= 4 is 10.9 Å². The average Bonchev–Trinajstić information content (AvgIpc) is 2.68. The summed E-state index contributed by atoms with van der Waals surface area (Å²) in [4.78, 5) is 4.04. The van der Waals surface area contributed by atoms with E-state index in [2.05, 4.69) is 10.3 Å². The molecule has 0 bridgehead atoms. The summed E-state index contributed by atoms with van der Waals surface area (Å²) >= 11 is 0. The number of nitrogens with one attached hydrogen (secondary N) is 1. The van der Waals surface area contributed by atoms with Crippen LogP contribution in [0.25, 0.3) is 0 Å². The lowest BCUT2D eigenvalue weighted by atomic mass is 10.3. The van der Waals surface area contributed by atoms with Crippen LogP contribution in [0, 0.1) is 0 Å². The number of aliphatic hydroxyl groups excluding tert-OH is 1. The number of nitrogens with zero attached hydrogens (tertiary/aromatic N) is 1. The fourth-order valence-corrected chi connectivity index (χ4v) is 3.34. The zero-order chi connectivity index (χ0) is 19.0. The van der Waals surface area contributed by atoms with Gasteiger partial charge in [0, 0.05) is 37.8 Å². The van der Waals surface area contributed by atoms with Crippen LogP contribution in [-0.2, 0) is 23.8 Å². The highest BCUT2D eigenvalue weighted by molar-refractivity contribution is 8.21. The highest BCUT2D eigenvalue weighted by Crippen LogP contribution is 2.49. The Hall–Kier alpha value is -0.740. The van der Waals surface area contributed by atoms with E-state index in [0.29, 0.717) is 25.4 Å². The molecule has 1 rings (SSSR count). The number of pyridine rings is 1. The van der Waals surface area contributed by atoms with Crippen molar-refractivity contribution in [2.45, 2.75) is 32.9 Å². The van der Waals surface area contributed by atoms with Crippen LogP contribution in [0.2, 0.25) is 0 Å². The lowest BCUT2D eigenvalue weighted by molar-refractivity contribution is 0.0370. The third-order valence-corrected chi connectivity index (χ3v) is 5.50. The Balaban J connectivity index is 0.00000277. The molecule has 1 aromatic rings. The molecule has 0 aliphatic rings. The molecule has 0 aromatic carbocycles. The zero-order valence-corrected chi connectivity index (χ0v) is 16.9. The maximum absolute atomic E-state index is 9.85. The molecule has 1 unspecified atom stereocenters. The predicted molar refractivity (Wildman–Crippen MR) is 102 cm³/mol. The number of aromatic nitrogens is 1. The number of aliphatic hydroxyl groups is 1. The Morgan fingerprint density at radius 2 is 1.88 bits per heavy atom. The minimum absolute atomic E-state index is 0.287. The van der Waals surface area contributed by atoms with Crippen LogP contribution in [0.3, 0.4) is 0 Å². The van der Waals surface area contributed by atoms with E-state index >= 15 is 0 Å². The van der Waals surface area contributed by atoms with E-state index in [-0.39, 0.29) is 6.61 Å². The van der Waals surface area contributed by atoms with Crippen molar-refractivity contribution in [1.29, 1.82) is 0 Å². The molecule has 0 saturated carbocycles. The van der Waals surface area contributed by atoms with Gasteiger partial charge in [-0.15, -0.1) is 0 Å². The van der Waals surface area contributed by atoms with Crippen LogP contribution in [0.1, 0.15) is 25.8 Å². The second kappa shape index (κ2) is 15.5. The third kappa shape index (κ3) is 10.8. The van der Waals surface area contributed by atoms with E-state index < -0.39 is 17.0 Å². The largest absolute Gasteiger partial charge is 0.389 e. The molecule has 7 nitrogen and oxygen atoms in total. The van der Waals surface area contributed by atoms with Crippen LogP contribution >= 0.6 is 10.9 Å². The average molecular weight is 379 g/mol. The molecule has 1 heterocycles. The minimum Gasteiger partial charge on any atom is -0.389 e. The van der Waals surface area contributed by atoms with Gasteiger partial charge in [-0.1, -0.05) is 19.9 Å². The number of rotatable bonds is 13. The lowest BCUT2D eigenvalue weighted by Crippen LogP contribution is -2.30. The normalized spacial score (nSPS) is 13.0. The topological polar surface area (TPSA) is 82.1 Å². The van der Waals surface area contributed by atoms with Crippen LogP contribution in [-0.4, -0.2) is 63.0 Å². The van der Waals surface area contributed by atoms with Gasteiger partial charge in [0.15, 0.2) is 0 Å². The SMILES string of the molecule is CC.COS(CCCOCC(O)CNCc1cccnc1)(OC)OC. The lowest BCUT2D eigenvalue weighted by Gasteiger charge is -2.33. The summed E-state index contributed by atoms with van der Waals surface area (Å²) in [5.74, 6) is 0.631. The zero-order valence-electron chi connectivity index (χ0n) is 16.1. The molecular weight excluding hydrogens is 344 g/mol. The Labute approximate surface area is 154 Å². The predicted octanol–water partition coefficient (Wildman–Crippen LogP) is 2.45. The summed E-state index contributed by atoms with van der Waals surface area (Å²) in [5, 5.41) is 13.0. The second-order valence-corrected chi connectivity index (χ2v) is 7.36. The maximum Gasteiger partial charge on any atom is 0.0897 e. The smallest absolute Gasteiger partial charge is 0.0897 e. The highest BCUT2D eigenvalue weighted by atomic mass is 32.3. The van der Waals surface area contributed by atoms with Crippen molar-refractivity contribution in [2.75, 3.05) is 46.8 Å². The first-order valence-corrected chi connectivity index (χ1v) is 10.1. The molecule has 148 valence electrons. The van der Waals surface area contributed by atoms with Gasteiger partial charge in [0.2, 0.25) is 0 Å². The van der Waals surface area contributed by atoms with E-state index in [1.807, 2.05) is 26.0 Å². The van der Waals surface area contributed by atoms with Crippen LogP contribution in [0.5, 0.6) is 0 Å². The maximum atomic E-state index is 9.85. The van der Waals surface area contributed by atoms with Crippen molar-refractivity contribution in [2.24, 2.45) is 0 Å². The van der Waals surface area contributed by atoms with Crippen molar-refractivity contribution < 1.29 is 22.4 Å². The molecule has 0 aliphatic carbocycles. The molecule has 0 saturated heterocycles. The molecule has 1 aromatic heterocycles. The van der Waals surface area contributed by atoms with Gasteiger partial charge in [-0.25, -0.2) is 0 Å². The Morgan fingerprint density at radius 3 is 2.44 bits per heavy atom. The molecule has 0 fully saturated rings. The summed E-state index contributed by atoms with van der Waals surface area (Å²) in [7, 11) is 2.79. The molecule has 25 heavy (non-hydrogen) atoms. The summed E-state index contributed by atoms with van der Waals surface area (Å²) < 4.78 is 21.3. The second-order valence-electron chi connectivity index (χ2n) is 4.84. The highest BCUT2D eigenvalue weighted by Gasteiger charge is 2.22. The molecule has 2 N–H and O–H groups in total. The van der Waals surface area contributed by atoms with Gasteiger partial charge in [0.05, 0.1) is 44.9 Å². The van der Waals surface area contributed by atoms with Gasteiger partial charge < -0.3 is 15.2 Å². The quantitative estimate of drug-likeness (QED) is 0.510. The van der Waals surface area contributed by atoms with E-state index in [1.165, 1.54) is 0 Å². The van der Waals surface area contributed by atoms with Crippen molar-refractivity contribution in [1.82, 2.24) is 10.3 Å². The van der Waals surface area contributed by atoms with Crippen molar-refractivity contribution in [3.63, 3.8) is 0 Å². The van der Waals surface area contributed by atoms with Gasteiger partial charge >= 0.3 is 0 Å². The first kappa shape index (κ1) is 24.3. The minimum atomic E-state index is -1.92. The van der Waals surface area contributed by atoms with Gasteiger partial charge in [-0.05, 0) is 18.1 Å². The first-order valence-electron chi connectivity index (χ1n) is 8.49. The molecule has 0 spiro atoms. The molecule has 0 amide bonds. The standard InChI is InChI=1S/C15H28N2O5S.C2H6/c1-19-23(20-2,21-3)9-5-8-22-13-15(18)12-17-11-14-6-4-7-16-10-14;1-2/h4,6-7,10,15,17-18H,5,8-9,11-13H2,1-3H3;1-2H3. The number of hydrogen-bond donors (Lipinski definition) is 2. The fraction of sp³-hybridized carbons (Fsp3) is 0.706. The summed E-state index contributed by atoms with van der Waals surface area (Å²) in [6.07, 6.45) is 3.72. The molecular formula is C17H34N2O5S. The molecule has 8 heteroatoms. The van der Waals surface area contributed by atoms with Gasteiger partial charge in [-0.3, -0.25) is 17.5 Å². The summed E-state index contributed by atoms with van der Waals surface area (Å²) in [6.45, 7) is 5.95.